The summed E-state index contributed by atoms with van der Waals surface area (Å²) in [6, 6.07) is 17.5. The van der Waals surface area contributed by atoms with Gasteiger partial charge in [0.15, 0.2) is 0 Å². The molecule has 3 rings (SSSR count). The number of nitrogens with zero attached hydrogens (tertiary/aromatic N) is 1. The van der Waals surface area contributed by atoms with Crippen molar-refractivity contribution in [3.63, 3.8) is 0 Å². The van der Waals surface area contributed by atoms with Crippen LogP contribution >= 0.6 is 0 Å². The zero-order valence-electron chi connectivity index (χ0n) is 17.5. The molecule has 1 amide bonds. The van der Waals surface area contributed by atoms with Gasteiger partial charge in [-0.3, -0.25) is 9.59 Å². The number of aliphatic hydroxyl groups is 1. The highest BCUT2D eigenvalue weighted by Gasteiger charge is 2.47. The molecule has 1 unspecified atom stereocenters. The Morgan fingerprint density at radius 2 is 1.73 bits per heavy atom. The topological polar surface area (TPSA) is 57.6 Å². The van der Waals surface area contributed by atoms with Gasteiger partial charge < -0.3 is 10.0 Å². The normalized spacial score (nSPS) is 18.1. The molecule has 0 aliphatic heterocycles. The number of hydrogen-bond donors (Lipinski definition) is 1. The van der Waals surface area contributed by atoms with Crippen LogP contribution in [0.2, 0.25) is 0 Å². The molecule has 0 spiro atoms. The van der Waals surface area contributed by atoms with Gasteiger partial charge in [-0.05, 0) is 49.1 Å². The monoisotopic (exact) mass is 399 g/mol. The quantitative estimate of drug-likeness (QED) is 0.616. The summed E-state index contributed by atoms with van der Waals surface area (Å²) in [5, 5.41) is 10.4. The Bertz CT molecular complexity index is 1070. The lowest BCUT2D eigenvalue weighted by Crippen LogP contribution is -2.48. The van der Waals surface area contributed by atoms with Gasteiger partial charge in [-0.1, -0.05) is 72.0 Å². The fourth-order valence-corrected chi connectivity index (χ4v) is 3.20. The number of carbonyl (C=O) groups excluding carboxylic acids is 2. The van der Waals surface area contributed by atoms with Crippen molar-refractivity contribution in [1.29, 1.82) is 0 Å². The number of Topliss-reactive ketones (excluding diaryl/α,β-unsaturated/α-hetero) is 1. The van der Waals surface area contributed by atoms with Gasteiger partial charge in [0.2, 0.25) is 17.3 Å². The second-order valence-electron chi connectivity index (χ2n) is 7.52. The lowest BCUT2D eigenvalue weighted by atomic mass is 9.74. The molecule has 0 saturated carbocycles. The van der Waals surface area contributed by atoms with Crippen LogP contribution in [0.15, 0.2) is 71.8 Å². The molecule has 0 bridgehead atoms. The number of rotatable bonds is 5. The van der Waals surface area contributed by atoms with E-state index in [2.05, 4.69) is 11.8 Å². The zero-order valence-corrected chi connectivity index (χ0v) is 17.5. The number of amides is 1. The molecule has 2 aromatic carbocycles. The number of benzene rings is 2. The molecule has 1 atom stereocenters. The molecular weight excluding hydrogens is 374 g/mol. The zero-order chi connectivity index (χ0) is 21.7. The van der Waals surface area contributed by atoms with E-state index in [1.54, 1.807) is 24.8 Å². The van der Waals surface area contributed by atoms with E-state index < -0.39 is 5.60 Å². The Morgan fingerprint density at radius 1 is 1.07 bits per heavy atom. The van der Waals surface area contributed by atoms with Gasteiger partial charge in [0.1, 0.15) is 0 Å². The third-order valence-electron chi connectivity index (χ3n) is 5.34. The Labute approximate surface area is 177 Å². The molecule has 1 aliphatic carbocycles. The fraction of sp³-hybridized carbons (Fsp3) is 0.231. The van der Waals surface area contributed by atoms with Crippen LogP contribution in [-0.2, 0) is 16.1 Å². The van der Waals surface area contributed by atoms with Gasteiger partial charge >= 0.3 is 0 Å². The summed E-state index contributed by atoms with van der Waals surface area (Å²) >= 11 is 0. The smallest absolute Gasteiger partial charge is 0.247 e. The SMILES string of the molecule is CC1=C(C)C(O)(C#CCN(Cc2ccccc2)C(=O)/C=C/c2ccc(C)cc2)C1=O. The maximum Gasteiger partial charge on any atom is 0.247 e. The van der Waals surface area contributed by atoms with Gasteiger partial charge in [0.05, 0.1) is 6.54 Å². The molecule has 1 N–H and O–H groups in total. The first-order chi connectivity index (χ1) is 14.3. The maximum absolute atomic E-state index is 12.8. The van der Waals surface area contributed by atoms with Crippen molar-refractivity contribution in [1.82, 2.24) is 4.90 Å². The van der Waals surface area contributed by atoms with Crippen LogP contribution in [0, 0.1) is 18.8 Å². The molecular formula is C26H25NO3. The summed E-state index contributed by atoms with van der Waals surface area (Å²) in [6.07, 6.45) is 3.29. The van der Waals surface area contributed by atoms with Crippen molar-refractivity contribution >= 4 is 17.8 Å². The molecule has 4 heteroatoms. The third kappa shape index (κ3) is 4.59. The highest BCUT2D eigenvalue weighted by Crippen LogP contribution is 2.33. The van der Waals surface area contributed by atoms with E-state index in [9.17, 15) is 14.7 Å². The summed E-state index contributed by atoms with van der Waals surface area (Å²) in [6.45, 7) is 5.87. The van der Waals surface area contributed by atoms with E-state index in [1.165, 1.54) is 6.08 Å². The number of carbonyl (C=O) groups is 2. The molecule has 0 radical (unpaired) electrons. The number of hydrogen-bond acceptors (Lipinski definition) is 3. The van der Waals surface area contributed by atoms with Crippen LogP contribution in [0.3, 0.4) is 0 Å². The van der Waals surface area contributed by atoms with Gasteiger partial charge in [0, 0.05) is 12.6 Å². The third-order valence-corrected chi connectivity index (χ3v) is 5.34. The molecule has 0 fully saturated rings. The summed E-state index contributed by atoms with van der Waals surface area (Å²) in [5.74, 6) is 4.93. The van der Waals surface area contributed by atoms with Crippen molar-refractivity contribution in [2.75, 3.05) is 6.54 Å². The molecule has 30 heavy (non-hydrogen) atoms. The fourth-order valence-electron chi connectivity index (χ4n) is 3.20. The number of aryl methyl sites for hydroxylation is 1. The minimum atomic E-state index is -1.72. The van der Waals surface area contributed by atoms with Gasteiger partial charge in [-0.25, -0.2) is 0 Å². The molecule has 2 aromatic rings. The average molecular weight is 399 g/mol. The molecule has 0 aromatic heterocycles. The van der Waals surface area contributed by atoms with Crippen molar-refractivity contribution in [2.24, 2.45) is 0 Å². The first-order valence-corrected chi connectivity index (χ1v) is 9.84. The Hall–Kier alpha value is -3.42. The summed E-state index contributed by atoms with van der Waals surface area (Å²) in [4.78, 5) is 26.4. The van der Waals surface area contributed by atoms with Crippen LogP contribution in [-0.4, -0.2) is 33.8 Å². The van der Waals surface area contributed by atoms with Crippen LogP contribution in [0.4, 0.5) is 0 Å². The second kappa shape index (κ2) is 8.94. The van der Waals surface area contributed by atoms with Crippen molar-refractivity contribution in [3.8, 4) is 11.8 Å². The summed E-state index contributed by atoms with van der Waals surface area (Å²) < 4.78 is 0. The van der Waals surface area contributed by atoms with Crippen molar-refractivity contribution in [3.05, 3.63) is 88.5 Å². The predicted octanol–water partition coefficient (Wildman–Crippen LogP) is 3.69. The Kier molecular flexibility index (Phi) is 6.34. The highest BCUT2D eigenvalue weighted by molar-refractivity contribution is 6.14. The van der Waals surface area contributed by atoms with Crippen LogP contribution < -0.4 is 0 Å². The number of ketones is 1. The van der Waals surface area contributed by atoms with E-state index >= 15 is 0 Å². The lowest BCUT2D eigenvalue weighted by Gasteiger charge is -2.32. The van der Waals surface area contributed by atoms with Gasteiger partial charge in [-0.15, -0.1) is 0 Å². The summed E-state index contributed by atoms with van der Waals surface area (Å²) in [7, 11) is 0. The lowest BCUT2D eigenvalue weighted by molar-refractivity contribution is -0.129. The van der Waals surface area contributed by atoms with Crippen molar-refractivity contribution in [2.45, 2.75) is 32.9 Å². The minimum absolute atomic E-state index is 0.105. The molecule has 1 aliphatic rings. The first kappa shape index (κ1) is 21.3. The van der Waals surface area contributed by atoms with Crippen molar-refractivity contribution < 1.29 is 14.7 Å². The summed E-state index contributed by atoms with van der Waals surface area (Å²) in [5.41, 5.74) is 2.46. The minimum Gasteiger partial charge on any atom is -0.367 e. The molecule has 0 heterocycles. The van der Waals surface area contributed by atoms with E-state index in [4.69, 9.17) is 0 Å². The molecule has 152 valence electrons. The van der Waals surface area contributed by atoms with E-state index in [-0.39, 0.29) is 18.2 Å². The maximum atomic E-state index is 12.8. The average Bonchev–Trinajstić information content (AvgIpc) is 2.77. The Balaban J connectivity index is 1.77. The largest absolute Gasteiger partial charge is 0.367 e. The van der Waals surface area contributed by atoms with Crippen LogP contribution in [0.1, 0.15) is 30.5 Å². The molecule has 0 saturated heterocycles. The highest BCUT2D eigenvalue weighted by atomic mass is 16.3. The van der Waals surface area contributed by atoms with E-state index in [0.29, 0.717) is 17.7 Å². The van der Waals surface area contributed by atoms with Crippen LogP contribution in [0.5, 0.6) is 0 Å². The Morgan fingerprint density at radius 3 is 2.37 bits per heavy atom. The predicted molar refractivity (Wildman–Crippen MR) is 118 cm³/mol. The van der Waals surface area contributed by atoms with Gasteiger partial charge in [0.25, 0.3) is 0 Å². The van der Waals surface area contributed by atoms with E-state index in [0.717, 1.165) is 16.7 Å². The first-order valence-electron chi connectivity index (χ1n) is 9.84. The van der Waals surface area contributed by atoms with Crippen LogP contribution in [0.25, 0.3) is 6.08 Å². The molecule has 4 nitrogen and oxygen atoms in total. The van der Waals surface area contributed by atoms with Gasteiger partial charge in [-0.2, -0.15) is 0 Å². The second-order valence-corrected chi connectivity index (χ2v) is 7.52. The van der Waals surface area contributed by atoms with E-state index in [1.807, 2.05) is 61.5 Å². The standard InChI is InChI=1S/C26H25NO3/c1-19-10-12-22(13-11-19)14-15-24(28)27(18-23-8-5-4-6-9-23)17-7-16-26(30)21(3)20(2)25(26)29/h4-6,8-15,30H,17-18H2,1-3H3/b15-14+.